The van der Waals surface area contributed by atoms with Crippen LogP contribution in [0.5, 0.6) is 0 Å². The van der Waals surface area contributed by atoms with E-state index in [0.717, 1.165) is 13.0 Å². The molecule has 104 valence electrons. The maximum atomic E-state index is 12.1. The maximum absolute atomic E-state index is 12.1. The summed E-state index contributed by atoms with van der Waals surface area (Å²) in [5, 5.41) is 3.50. The van der Waals surface area contributed by atoms with Gasteiger partial charge < -0.3 is 16.0 Å². The first-order valence-corrected chi connectivity index (χ1v) is 6.99. The van der Waals surface area contributed by atoms with Crippen LogP contribution < -0.4 is 11.1 Å². The average molecular weight is 282 g/mol. The highest BCUT2D eigenvalue weighted by Gasteiger charge is 2.20. The molecule has 1 aromatic rings. The van der Waals surface area contributed by atoms with E-state index in [1.165, 1.54) is 12.8 Å². The lowest BCUT2D eigenvalue weighted by atomic mass is 10.0. The molecule has 1 atom stereocenters. The van der Waals surface area contributed by atoms with E-state index in [1.54, 1.807) is 18.2 Å². The van der Waals surface area contributed by atoms with Crippen LogP contribution in [-0.4, -0.2) is 37.0 Å². The number of benzene rings is 1. The van der Waals surface area contributed by atoms with Crippen molar-refractivity contribution < 1.29 is 4.79 Å². The summed E-state index contributed by atoms with van der Waals surface area (Å²) in [6.45, 7) is 1.76. The highest BCUT2D eigenvalue weighted by Crippen LogP contribution is 2.18. The molecule has 1 heterocycles. The number of halogens is 1. The van der Waals surface area contributed by atoms with Crippen molar-refractivity contribution >= 4 is 23.2 Å². The average Bonchev–Trinajstić information content (AvgIpc) is 2.37. The zero-order chi connectivity index (χ0) is 13.8. The normalized spacial score (nSPS) is 20.2. The predicted octanol–water partition coefficient (Wildman–Crippen LogP) is 2.14. The van der Waals surface area contributed by atoms with Crippen LogP contribution in [0.3, 0.4) is 0 Å². The van der Waals surface area contributed by atoms with Gasteiger partial charge in [-0.2, -0.15) is 0 Å². The molecule has 1 fully saturated rings. The lowest BCUT2D eigenvalue weighted by Gasteiger charge is -2.32. The molecule has 1 amide bonds. The van der Waals surface area contributed by atoms with E-state index >= 15 is 0 Å². The number of nitrogens with zero attached hydrogens (tertiary/aromatic N) is 1. The van der Waals surface area contributed by atoms with Gasteiger partial charge in [-0.15, -0.1) is 0 Å². The Morgan fingerprint density at radius 1 is 1.53 bits per heavy atom. The Morgan fingerprint density at radius 2 is 2.32 bits per heavy atom. The van der Waals surface area contributed by atoms with Gasteiger partial charge >= 0.3 is 0 Å². The molecule has 5 heteroatoms. The largest absolute Gasteiger partial charge is 0.398 e. The number of nitrogens with one attached hydrogen (secondary N) is 1. The van der Waals surface area contributed by atoms with Crippen molar-refractivity contribution in [3.8, 4) is 0 Å². The Hall–Kier alpha value is -1.26. The van der Waals surface area contributed by atoms with Gasteiger partial charge in [-0.1, -0.05) is 18.0 Å². The smallest absolute Gasteiger partial charge is 0.253 e. The zero-order valence-electron chi connectivity index (χ0n) is 11.2. The second-order valence-electron chi connectivity index (χ2n) is 5.07. The van der Waals surface area contributed by atoms with Gasteiger partial charge in [-0.25, -0.2) is 0 Å². The molecule has 1 aliphatic rings. The number of likely N-dealkylation sites (N-methyl/N-ethyl adjacent to an activating group) is 1. The number of piperidine rings is 1. The van der Waals surface area contributed by atoms with E-state index in [2.05, 4.69) is 17.3 Å². The summed E-state index contributed by atoms with van der Waals surface area (Å²) in [6.07, 6.45) is 3.60. The SMILES string of the molecule is CN1CCCCC1CNC(=O)c1ccc(Cl)cc1N. The molecule has 19 heavy (non-hydrogen) atoms. The Labute approximate surface area is 118 Å². The first-order valence-electron chi connectivity index (χ1n) is 6.61. The number of carbonyl (C=O) groups excluding carboxylic acids is 1. The van der Waals surface area contributed by atoms with Gasteiger partial charge in [-0.3, -0.25) is 4.79 Å². The lowest BCUT2D eigenvalue weighted by Crippen LogP contribution is -2.44. The highest BCUT2D eigenvalue weighted by atomic mass is 35.5. The van der Waals surface area contributed by atoms with Crippen LogP contribution in [-0.2, 0) is 0 Å². The topological polar surface area (TPSA) is 58.4 Å². The molecule has 0 aromatic heterocycles. The molecule has 1 aromatic carbocycles. The van der Waals surface area contributed by atoms with Crippen molar-refractivity contribution in [1.29, 1.82) is 0 Å². The van der Waals surface area contributed by atoms with Gasteiger partial charge in [-0.05, 0) is 44.6 Å². The molecule has 2 rings (SSSR count). The van der Waals surface area contributed by atoms with Gasteiger partial charge in [0.15, 0.2) is 0 Å². The molecular weight excluding hydrogens is 262 g/mol. The van der Waals surface area contributed by atoms with E-state index in [9.17, 15) is 4.79 Å². The standard InChI is InChI=1S/C14H20ClN3O/c1-18-7-3-2-4-11(18)9-17-14(19)12-6-5-10(15)8-13(12)16/h5-6,8,11H,2-4,7,9,16H2,1H3,(H,17,19). The van der Waals surface area contributed by atoms with Crippen LogP contribution in [0.15, 0.2) is 18.2 Å². The van der Waals surface area contributed by atoms with Crippen molar-refractivity contribution in [1.82, 2.24) is 10.2 Å². The molecule has 0 spiro atoms. The van der Waals surface area contributed by atoms with Crippen molar-refractivity contribution in [3.63, 3.8) is 0 Å². The van der Waals surface area contributed by atoms with Crippen LogP contribution in [0.1, 0.15) is 29.6 Å². The number of likely N-dealkylation sites (tertiary alicyclic amines) is 1. The number of nitrogen functional groups attached to an aromatic ring is 1. The quantitative estimate of drug-likeness (QED) is 0.835. The minimum absolute atomic E-state index is 0.131. The van der Waals surface area contributed by atoms with Crippen molar-refractivity contribution in [2.75, 3.05) is 25.9 Å². The van der Waals surface area contributed by atoms with E-state index in [-0.39, 0.29) is 5.91 Å². The molecule has 0 radical (unpaired) electrons. The first-order chi connectivity index (χ1) is 9.08. The number of nitrogens with two attached hydrogens (primary N) is 1. The molecule has 1 unspecified atom stereocenters. The molecular formula is C14H20ClN3O. The van der Waals surface area contributed by atoms with Crippen molar-refractivity contribution in [2.24, 2.45) is 0 Å². The van der Waals surface area contributed by atoms with E-state index in [1.807, 2.05) is 0 Å². The van der Waals surface area contributed by atoms with E-state index in [0.29, 0.717) is 28.9 Å². The summed E-state index contributed by atoms with van der Waals surface area (Å²) >= 11 is 5.82. The minimum atomic E-state index is -0.131. The van der Waals surface area contributed by atoms with Crippen LogP contribution in [0.4, 0.5) is 5.69 Å². The van der Waals surface area contributed by atoms with E-state index < -0.39 is 0 Å². The molecule has 1 aliphatic heterocycles. The van der Waals surface area contributed by atoms with Gasteiger partial charge in [0.05, 0.1) is 5.56 Å². The van der Waals surface area contributed by atoms with Crippen LogP contribution in [0.25, 0.3) is 0 Å². The number of hydrogen-bond donors (Lipinski definition) is 2. The molecule has 0 saturated carbocycles. The molecule has 0 bridgehead atoms. The number of hydrogen-bond acceptors (Lipinski definition) is 3. The summed E-state index contributed by atoms with van der Waals surface area (Å²) in [5.74, 6) is -0.131. The fourth-order valence-electron chi connectivity index (χ4n) is 2.45. The first kappa shape index (κ1) is 14.2. The monoisotopic (exact) mass is 281 g/mol. The van der Waals surface area contributed by atoms with Crippen LogP contribution >= 0.6 is 11.6 Å². The maximum Gasteiger partial charge on any atom is 0.253 e. The zero-order valence-corrected chi connectivity index (χ0v) is 11.9. The Kier molecular flexibility index (Phi) is 4.66. The third-order valence-corrected chi connectivity index (χ3v) is 3.91. The van der Waals surface area contributed by atoms with Crippen LogP contribution in [0, 0.1) is 0 Å². The number of anilines is 1. The molecule has 3 N–H and O–H groups in total. The summed E-state index contributed by atoms with van der Waals surface area (Å²) in [7, 11) is 2.10. The second kappa shape index (κ2) is 6.26. The third-order valence-electron chi connectivity index (χ3n) is 3.68. The fourth-order valence-corrected chi connectivity index (χ4v) is 2.63. The van der Waals surface area contributed by atoms with Crippen molar-refractivity contribution in [3.05, 3.63) is 28.8 Å². The molecule has 1 saturated heterocycles. The number of amides is 1. The lowest BCUT2D eigenvalue weighted by molar-refractivity contribution is 0.0929. The van der Waals surface area contributed by atoms with Crippen molar-refractivity contribution in [2.45, 2.75) is 25.3 Å². The highest BCUT2D eigenvalue weighted by molar-refractivity contribution is 6.31. The summed E-state index contributed by atoms with van der Waals surface area (Å²) in [5.41, 5.74) is 6.71. The molecule has 4 nitrogen and oxygen atoms in total. The van der Waals surface area contributed by atoms with Gasteiger partial charge in [0.2, 0.25) is 0 Å². The fraction of sp³-hybridized carbons (Fsp3) is 0.500. The second-order valence-corrected chi connectivity index (χ2v) is 5.51. The predicted molar refractivity (Wildman–Crippen MR) is 78.5 cm³/mol. The van der Waals surface area contributed by atoms with Gasteiger partial charge in [0, 0.05) is 23.3 Å². The summed E-state index contributed by atoms with van der Waals surface area (Å²) in [6, 6.07) is 5.37. The number of carbonyl (C=O) groups is 1. The summed E-state index contributed by atoms with van der Waals surface area (Å²) in [4.78, 5) is 14.4. The number of rotatable bonds is 3. The minimum Gasteiger partial charge on any atom is -0.398 e. The Balaban J connectivity index is 1.93. The summed E-state index contributed by atoms with van der Waals surface area (Å²) < 4.78 is 0. The van der Waals surface area contributed by atoms with E-state index in [4.69, 9.17) is 17.3 Å². The van der Waals surface area contributed by atoms with Gasteiger partial charge in [0.1, 0.15) is 0 Å². The molecule has 0 aliphatic carbocycles. The Morgan fingerprint density at radius 3 is 3.00 bits per heavy atom. The van der Waals surface area contributed by atoms with Gasteiger partial charge in [0.25, 0.3) is 5.91 Å². The van der Waals surface area contributed by atoms with Crippen LogP contribution in [0.2, 0.25) is 5.02 Å². The third kappa shape index (κ3) is 3.61. The Bertz CT molecular complexity index is 464.